The molecule has 0 aliphatic carbocycles. The summed E-state index contributed by atoms with van der Waals surface area (Å²) in [6.45, 7) is 3.52. The molecule has 7 heteroatoms. The normalized spacial score (nSPS) is 11.5. The van der Waals surface area contributed by atoms with Crippen molar-refractivity contribution in [2.75, 3.05) is 5.32 Å². The van der Waals surface area contributed by atoms with E-state index in [2.05, 4.69) is 10.6 Å². The maximum atomic E-state index is 11.4. The number of nitrogens with zero attached hydrogens (tertiary/aromatic N) is 1. The van der Waals surface area contributed by atoms with E-state index >= 15 is 0 Å². The van der Waals surface area contributed by atoms with Crippen LogP contribution in [0.3, 0.4) is 0 Å². The molecule has 1 atom stereocenters. The highest BCUT2D eigenvalue weighted by Gasteiger charge is 2.11. The summed E-state index contributed by atoms with van der Waals surface area (Å²) in [7, 11) is 0. The largest absolute Gasteiger partial charge is 0.353 e. The Balaban J connectivity index is 2.57. The lowest BCUT2D eigenvalue weighted by atomic mass is 10.2. The summed E-state index contributed by atoms with van der Waals surface area (Å²) >= 11 is 5.06. The maximum absolute atomic E-state index is 11.4. The zero-order valence-electron chi connectivity index (χ0n) is 10.7. The van der Waals surface area contributed by atoms with Gasteiger partial charge in [-0.25, -0.2) is 0 Å². The summed E-state index contributed by atoms with van der Waals surface area (Å²) in [6, 6.07) is 5.51. The first kappa shape index (κ1) is 15.0. The van der Waals surface area contributed by atoms with Gasteiger partial charge in [-0.3, -0.25) is 14.9 Å². The highest BCUT2D eigenvalue weighted by atomic mass is 32.1. The fourth-order valence-corrected chi connectivity index (χ4v) is 1.71. The summed E-state index contributed by atoms with van der Waals surface area (Å²) in [6.07, 6.45) is 0.439. The molecule has 6 nitrogen and oxygen atoms in total. The average molecular weight is 281 g/mol. The zero-order valence-corrected chi connectivity index (χ0v) is 11.5. The lowest BCUT2D eigenvalue weighted by molar-refractivity contribution is -0.384. The number of hydrogen-bond donors (Lipinski definition) is 2. The zero-order chi connectivity index (χ0) is 14.4. The van der Waals surface area contributed by atoms with Gasteiger partial charge in [0.1, 0.15) is 0 Å². The van der Waals surface area contributed by atoms with Crippen LogP contribution < -0.4 is 10.6 Å². The topological polar surface area (TPSA) is 84.3 Å². The number of carbonyl (C=O) groups is 1. The Bertz CT molecular complexity index is 487. The number of thiocarbonyl (C=S) groups is 1. The predicted molar refractivity (Wildman–Crippen MR) is 77.2 cm³/mol. The molecule has 0 aliphatic rings. The minimum Gasteiger partial charge on any atom is -0.353 e. The van der Waals surface area contributed by atoms with E-state index in [0.717, 1.165) is 0 Å². The Morgan fingerprint density at radius 1 is 1.42 bits per heavy atom. The number of hydrogen-bond acceptors (Lipinski definition) is 4. The summed E-state index contributed by atoms with van der Waals surface area (Å²) in [5.74, 6) is 0.0628. The number of carbonyl (C=O) groups excluding carboxylic acids is 1. The molecule has 102 valence electrons. The number of anilines is 1. The van der Waals surface area contributed by atoms with E-state index in [-0.39, 0.29) is 17.5 Å². The molecule has 0 aliphatic heterocycles. The minimum atomic E-state index is -0.470. The molecular formula is C12H15N3O3S. The first-order valence-electron chi connectivity index (χ1n) is 5.78. The smallest absolute Gasteiger partial charge is 0.269 e. The van der Waals surface area contributed by atoms with Crippen LogP contribution in [0.25, 0.3) is 0 Å². The van der Waals surface area contributed by atoms with Crippen molar-refractivity contribution in [3.63, 3.8) is 0 Å². The van der Waals surface area contributed by atoms with Crippen LogP contribution in [0.4, 0.5) is 11.4 Å². The van der Waals surface area contributed by atoms with Crippen molar-refractivity contribution in [1.82, 2.24) is 5.32 Å². The number of ketones is 1. The van der Waals surface area contributed by atoms with Gasteiger partial charge in [0.05, 0.1) is 11.0 Å². The van der Waals surface area contributed by atoms with Gasteiger partial charge in [0, 0.05) is 24.2 Å². The van der Waals surface area contributed by atoms with Crippen LogP contribution in [-0.4, -0.2) is 21.9 Å². The van der Waals surface area contributed by atoms with Gasteiger partial charge in [-0.2, -0.15) is 0 Å². The predicted octanol–water partition coefficient (Wildman–Crippen LogP) is 2.25. The molecule has 0 unspecified atom stereocenters. The van der Waals surface area contributed by atoms with Crippen LogP contribution in [0, 0.1) is 10.1 Å². The average Bonchev–Trinajstić information content (AvgIpc) is 2.38. The van der Waals surface area contributed by atoms with Crippen LogP contribution in [0.1, 0.15) is 20.3 Å². The summed E-state index contributed by atoms with van der Waals surface area (Å²) in [5, 5.41) is 16.5. The number of nitrogens with one attached hydrogen (secondary N) is 2. The highest BCUT2D eigenvalue weighted by Crippen LogP contribution is 2.15. The molecule has 0 radical (unpaired) electrons. The van der Waals surface area contributed by atoms with E-state index < -0.39 is 4.92 Å². The lowest BCUT2D eigenvalue weighted by Gasteiger charge is -2.15. The fourth-order valence-electron chi connectivity index (χ4n) is 1.42. The number of rotatable bonds is 5. The lowest BCUT2D eigenvalue weighted by Crippen LogP contribution is -2.40. The number of nitro groups is 1. The standard InChI is InChI=1S/C12H15N3O3S/c1-3-11(16)8(2)13-12(19)14-9-4-6-10(7-5-9)15(17)18/h4-8H,3H2,1-2H3,(H2,13,14,19)/t8-/m0/s1. The molecule has 1 aromatic rings. The van der Waals surface area contributed by atoms with E-state index in [9.17, 15) is 14.9 Å². The molecule has 0 bridgehead atoms. The third-order valence-electron chi connectivity index (χ3n) is 2.52. The second-order valence-electron chi connectivity index (χ2n) is 3.94. The van der Waals surface area contributed by atoms with E-state index in [4.69, 9.17) is 12.2 Å². The van der Waals surface area contributed by atoms with E-state index in [0.29, 0.717) is 17.2 Å². The SMILES string of the molecule is CCC(=O)[C@H](C)NC(=S)Nc1ccc([N+](=O)[O-])cc1. The number of nitro benzene ring substituents is 1. The Morgan fingerprint density at radius 3 is 2.47 bits per heavy atom. The Morgan fingerprint density at radius 2 is 2.00 bits per heavy atom. The Hall–Kier alpha value is -2.02. The number of non-ortho nitro benzene ring substituents is 1. The van der Waals surface area contributed by atoms with Crippen LogP contribution in [0.2, 0.25) is 0 Å². The van der Waals surface area contributed by atoms with Crippen LogP contribution >= 0.6 is 12.2 Å². The second-order valence-corrected chi connectivity index (χ2v) is 4.35. The van der Waals surface area contributed by atoms with Crippen LogP contribution in [0.5, 0.6) is 0 Å². The summed E-state index contributed by atoms with van der Waals surface area (Å²) in [5.41, 5.74) is 0.637. The monoisotopic (exact) mass is 281 g/mol. The molecular weight excluding hydrogens is 266 g/mol. The molecule has 1 rings (SSSR count). The van der Waals surface area contributed by atoms with Gasteiger partial charge in [-0.1, -0.05) is 6.92 Å². The van der Waals surface area contributed by atoms with Gasteiger partial charge in [0.25, 0.3) is 5.69 Å². The number of Topliss-reactive ketones (excluding diaryl/α,β-unsaturated/α-hetero) is 1. The van der Waals surface area contributed by atoms with Crippen molar-refractivity contribution >= 4 is 34.5 Å². The fraction of sp³-hybridized carbons (Fsp3) is 0.333. The molecule has 0 heterocycles. The van der Waals surface area contributed by atoms with Crippen molar-refractivity contribution < 1.29 is 9.72 Å². The van der Waals surface area contributed by atoms with Crippen molar-refractivity contribution in [2.24, 2.45) is 0 Å². The quantitative estimate of drug-likeness (QED) is 0.489. The van der Waals surface area contributed by atoms with E-state index in [1.807, 2.05) is 0 Å². The third kappa shape index (κ3) is 4.63. The maximum Gasteiger partial charge on any atom is 0.269 e. The molecule has 0 spiro atoms. The molecule has 0 saturated heterocycles. The second kappa shape index (κ2) is 6.79. The van der Waals surface area contributed by atoms with Crippen molar-refractivity contribution in [3.05, 3.63) is 34.4 Å². The Labute approximate surface area is 116 Å². The molecule has 19 heavy (non-hydrogen) atoms. The van der Waals surface area contributed by atoms with Gasteiger partial charge in [-0.05, 0) is 31.3 Å². The van der Waals surface area contributed by atoms with Crippen LogP contribution in [-0.2, 0) is 4.79 Å². The first-order chi connectivity index (χ1) is 8.93. The third-order valence-corrected chi connectivity index (χ3v) is 2.73. The van der Waals surface area contributed by atoms with Gasteiger partial charge in [0.2, 0.25) is 0 Å². The highest BCUT2D eigenvalue weighted by molar-refractivity contribution is 7.80. The minimum absolute atomic E-state index is 0.0129. The van der Waals surface area contributed by atoms with Gasteiger partial charge in [0.15, 0.2) is 10.9 Å². The molecule has 1 aromatic carbocycles. The van der Waals surface area contributed by atoms with E-state index in [1.54, 1.807) is 26.0 Å². The van der Waals surface area contributed by atoms with Crippen molar-refractivity contribution in [2.45, 2.75) is 26.3 Å². The molecule has 0 saturated carbocycles. The van der Waals surface area contributed by atoms with Gasteiger partial charge >= 0.3 is 0 Å². The van der Waals surface area contributed by atoms with Crippen molar-refractivity contribution in [1.29, 1.82) is 0 Å². The molecule has 0 fully saturated rings. The van der Waals surface area contributed by atoms with Crippen molar-refractivity contribution in [3.8, 4) is 0 Å². The van der Waals surface area contributed by atoms with E-state index in [1.165, 1.54) is 12.1 Å². The van der Waals surface area contributed by atoms with Gasteiger partial charge < -0.3 is 10.6 Å². The Kier molecular flexibility index (Phi) is 5.37. The molecule has 2 N–H and O–H groups in total. The summed E-state index contributed by atoms with van der Waals surface area (Å²) < 4.78 is 0. The first-order valence-corrected chi connectivity index (χ1v) is 6.19. The molecule has 0 aromatic heterocycles. The number of benzene rings is 1. The van der Waals surface area contributed by atoms with Gasteiger partial charge in [-0.15, -0.1) is 0 Å². The molecule has 0 amide bonds. The summed E-state index contributed by atoms with van der Waals surface area (Å²) in [4.78, 5) is 21.4. The van der Waals surface area contributed by atoms with Crippen LogP contribution in [0.15, 0.2) is 24.3 Å².